The van der Waals surface area contributed by atoms with Gasteiger partial charge in [-0.3, -0.25) is 4.79 Å². The van der Waals surface area contributed by atoms with Gasteiger partial charge in [0, 0.05) is 37.1 Å². The highest BCUT2D eigenvalue weighted by Crippen LogP contribution is 2.42. The Morgan fingerprint density at radius 2 is 1.89 bits per heavy atom. The number of phenolic OH excluding ortho intramolecular Hbond substituents is 1. The smallest absolute Gasteiger partial charge is 0.318 e. The summed E-state index contributed by atoms with van der Waals surface area (Å²) in [6, 6.07) is 12.1. The molecule has 3 aromatic carbocycles. The lowest BCUT2D eigenvalue weighted by atomic mass is 9.96. The first-order valence-electron chi connectivity index (χ1n) is 11.0. The standard InChI is InChI=1S/C26H22ClFN4O3/c1-3-21(34)31-8-10-32(11-9-31)25-19-14-20(27)22(23(28)24(19)29-26(30-25)35-2)18-13-16(33)12-15-6-4-5-7-17(15)18/h3-7,12-14,33H,1,8-11H2,2H3. The average molecular weight is 493 g/mol. The highest BCUT2D eigenvalue weighted by molar-refractivity contribution is 6.35. The molecule has 35 heavy (non-hydrogen) atoms. The number of aromatic hydroxyl groups is 1. The van der Waals surface area contributed by atoms with E-state index in [-0.39, 0.29) is 33.8 Å². The van der Waals surface area contributed by atoms with Crippen LogP contribution in [0.4, 0.5) is 10.2 Å². The van der Waals surface area contributed by atoms with Crippen molar-refractivity contribution in [1.82, 2.24) is 14.9 Å². The third-order valence-corrected chi connectivity index (χ3v) is 6.50. The molecule has 0 spiro atoms. The third-order valence-electron chi connectivity index (χ3n) is 6.21. The monoisotopic (exact) mass is 492 g/mol. The number of amides is 1. The minimum absolute atomic E-state index is 0.00200. The van der Waals surface area contributed by atoms with E-state index in [1.54, 1.807) is 17.0 Å². The Morgan fingerprint density at radius 3 is 2.60 bits per heavy atom. The molecule has 0 aliphatic carbocycles. The Morgan fingerprint density at radius 1 is 1.14 bits per heavy atom. The molecule has 0 atom stereocenters. The molecule has 0 saturated carbocycles. The molecule has 1 saturated heterocycles. The number of methoxy groups -OCH3 is 1. The number of piperazine rings is 1. The van der Waals surface area contributed by atoms with Crippen molar-refractivity contribution in [2.75, 3.05) is 38.2 Å². The number of nitrogens with zero attached hydrogens (tertiary/aromatic N) is 4. The van der Waals surface area contributed by atoms with Crippen LogP contribution in [0.15, 0.2) is 55.1 Å². The zero-order chi connectivity index (χ0) is 24.7. The average Bonchev–Trinajstić information content (AvgIpc) is 2.87. The lowest BCUT2D eigenvalue weighted by Gasteiger charge is -2.35. The minimum atomic E-state index is -0.634. The summed E-state index contributed by atoms with van der Waals surface area (Å²) < 4.78 is 21.4. The Kier molecular flexibility index (Phi) is 5.90. The molecule has 7 nitrogen and oxygen atoms in total. The number of hydrogen-bond acceptors (Lipinski definition) is 6. The Labute approximate surface area is 206 Å². The number of phenols is 1. The fourth-order valence-corrected chi connectivity index (χ4v) is 4.80. The molecule has 1 fully saturated rings. The van der Waals surface area contributed by atoms with Crippen molar-refractivity contribution in [3.63, 3.8) is 0 Å². The van der Waals surface area contributed by atoms with Gasteiger partial charge >= 0.3 is 6.01 Å². The molecule has 0 unspecified atom stereocenters. The Balaban J connectivity index is 1.68. The number of ether oxygens (including phenoxy) is 1. The predicted molar refractivity (Wildman–Crippen MR) is 135 cm³/mol. The van der Waals surface area contributed by atoms with Gasteiger partial charge in [0.05, 0.1) is 12.1 Å². The predicted octanol–water partition coefficient (Wildman–Crippen LogP) is 4.79. The van der Waals surface area contributed by atoms with Crippen LogP contribution in [0.3, 0.4) is 0 Å². The van der Waals surface area contributed by atoms with Gasteiger partial charge in [-0.15, -0.1) is 0 Å². The van der Waals surface area contributed by atoms with Gasteiger partial charge in [0.25, 0.3) is 0 Å². The van der Waals surface area contributed by atoms with Crippen LogP contribution >= 0.6 is 11.6 Å². The zero-order valence-electron chi connectivity index (χ0n) is 19.0. The molecule has 1 amide bonds. The van der Waals surface area contributed by atoms with Crippen LogP contribution < -0.4 is 9.64 Å². The van der Waals surface area contributed by atoms with Crippen molar-refractivity contribution in [2.45, 2.75) is 0 Å². The van der Waals surface area contributed by atoms with Crippen LogP contribution in [0, 0.1) is 5.82 Å². The van der Waals surface area contributed by atoms with Crippen LogP contribution in [-0.4, -0.2) is 59.2 Å². The Hall–Kier alpha value is -3.91. The second-order valence-corrected chi connectivity index (χ2v) is 8.62. The molecule has 1 N–H and O–H groups in total. The second kappa shape index (κ2) is 9.03. The molecule has 178 valence electrons. The number of halogens is 2. The van der Waals surface area contributed by atoms with Gasteiger partial charge in [-0.05, 0) is 40.6 Å². The van der Waals surface area contributed by atoms with Crippen LogP contribution in [0.2, 0.25) is 5.02 Å². The van der Waals surface area contributed by atoms with Gasteiger partial charge in [-0.1, -0.05) is 42.4 Å². The van der Waals surface area contributed by atoms with Gasteiger partial charge in [-0.25, -0.2) is 4.39 Å². The van der Waals surface area contributed by atoms with Crippen LogP contribution in [0.5, 0.6) is 11.8 Å². The maximum atomic E-state index is 16.2. The van der Waals surface area contributed by atoms with E-state index in [1.165, 1.54) is 19.3 Å². The number of carbonyl (C=O) groups excluding carboxylic acids is 1. The SMILES string of the molecule is C=CC(=O)N1CCN(c2nc(OC)nc3c(F)c(-c4cc(O)cc5ccccc45)c(Cl)cc23)CC1. The summed E-state index contributed by atoms with van der Waals surface area (Å²) in [6.45, 7) is 5.47. The van der Waals surface area contributed by atoms with Crippen LogP contribution in [0.25, 0.3) is 32.8 Å². The third kappa shape index (κ3) is 4.00. The lowest BCUT2D eigenvalue weighted by molar-refractivity contribution is -0.126. The summed E-state index contributed by atoms with van der Waals surface area (Å²) in [5.41, 5.74) is 0.656. The Bertz CT molecular complexity index is 1490. The van der Waals surface area contributed by atoms with E-state index >= 15 is 4.39 Å². The quantitative estimate of drug-likeness (QED) is 0.413. The minimum Gasteiger partial charge on any atom is -0.508 e. The van der Waals surface area contributed by atoms with E-state index in [2.05, 4.69) is 16.5 Å². The molecule has 1 aliphatic rings. The van der Waals surface area contributed by atoms with Gasteiger partial charge in [0.15, 0.2) is 5.82 Å². The molecular formula is C26H22ClFN4O3. The maximum Gasteiger partial charge on any atom is 0.318 e. The second-order valence-electron chi connectivity index (χ2n) is 8.21. The molecule has 1 aliphatic heterocycles. The van der Waals surface area contributed by atoms with Crippen molar-refractivity contribution >= 4 is 45.0 Å². The summed E-state index contributed by atoms with van der Waals surface area (Å²) in [5, 5.41) is 12.4. The highest BCUT2D eigenvalue weighted by Gasteiger charge is 2.26. The number of carbonyl (C=O) groups is 1. The van der Waals surface area contributed by atoms with Crippen molar-refractivity contribution in [2.24, 2.45) is 0 Å². The number of benzene rings is 3. The number of fused-ring (bicyclic) bond motifs is 2. The van der Waals surface area contributed by atoms with E-state index in [1.807, 2.05) is 29.2 Å². The molecular weight excluding hydrogens is 471 g/mol. The topological polar surface area (TPSA) is 78.8 Å². The maximum absolute atomic E-state index is 16.2. The first kappa shape index (κ1) is 22.9. The summed E-state index contributed by atoms with van der Waals surface area (Å²) in [5.74, 6) is -0.287. The van der Waals surface area contributed by atoms with E-state index in [4.69, 9.17) is 16.3 Å². The van der Waals surface area contributed by atoms with E-state index < -0.39 is 5.82 Å². The number of rotatable bonds is 4. The van der Waals surface area contributed by atoms with Gasteiger partial charge in [-0.2, -0.15) is 9.97 Å². The highest BCUT2D eigenvalue weighted by atomic mass is 35.5. The summed E-state index contributed by atoms with van der Waals surface area (Å²) in [7, 11) is 1.42. The van der Waals surface area contributed by atoms with Crippen molar-refractivity contribution in [3.05, 3.63) is 66.0 Å². The summed E-state index contributed by atoms with van der Waals surface area (Å²) in [4.78, 5) is 24.4. The summed E-state index contributed by atoms with van der Waals surface area (Å²) >= 11 is 6.67. The van der Waals surface area contributed by atoms with E-state index in [0.29, 0.717) is 42.9 Å². The van der Waals surface area contributed by atoms with Gasteiger partial charge in [0.2, 0.25) is 5.91 Å². The van der Waals surface area contributed by atoms with Crippen LogP contribution in [0.1, 0.15) is 0 Å². The largest absolute Gasteiger partial charge is 0.508 e. The van der Waals surface area contributed by atoms with Crippen molar-refractivity contribution < 1.29 is 19.0 Å². The molecule has 9 heteroatoms. The number of anilines is 1. The number of hydrogen-bond donors (Lipinski definition) is 1. The number of aromatic nitrogens is 2. The molecule has 5 rings (SSSR count). The fraction of sp³-hybridized carbons (Fsp3) is 0.192. The van der Waals surface area contributed by atoms with E-state index in [9.17, 15) is 9.90 Å². The van der Waals surface area contributed by atoms with Crippen molar-refractivity contribution in [1.29, 1.82) is 0 Å². The molecule has 0 bridgehead atoms. The molecule has 4 aromatic rings. The fourth-order valence-electron chi connectivity index (χ4n) is 4.51. The first-order valence-corrected chi connectivity index (χ1v) is 11.4. The zero-order valence-corrected chi connectivity index (χ0v) is 19.7. The van der Waals surface area contributed by atoms with Gasteiger partial charge in [0.1, 0.15) is 17.1 Å². The van der Waals surface area contributed by atoms with E-state index in [0.717, 1.165) is 10.8 Å². The molecule has 1 aromatic heterocycles. The summed E-state index contributed by atoms with van der Waals surface area (Å²) in [6.07, 6.45) is 1.29. The first-order chi connectivity index (χ1) is 16.9. The van der Waals surface area contributed by atoms with Gasteiger partial charge < -0.3 is 19.6 Å². The van der Waals surface area contributed by atoms with Crippen LogP contribution in [-0.2, 0) is 4.79 Å². The lowest BCUT2D eigenvalue weighted by Crippen LogP contribution is -2.48. The normalized spacial score (nSPS) is 13.9. The molecule has 0 radical (unpaired) electrons. The van der Waals surface area contributed by atoms with Crippen molar-refractivity contribution in [3.8, 4) is 22.9 Å². The molecule has 2 heterocycles.